The summed E-state index contributed by atoms with van der Waals surface area (Å²) in [7, 11) is 0. The van der Waals surface area contributed by atoms with E-state index >= 15 is 0 Å². The average Bonchev–Trinajstić information content (AvgIpc) is 3.77. The minimum absolute atomic E-state index is 0.0537. The summed E-state index contributed by atoms with van der Waals surface area (Å²) in [5, 5.41) is 10.3. The molecule has 16 heteroatoms. The predicted molar refractivity (Wildman–Crippen MR) is 168 cm³/mol. The number of nitrogens with one attached hydrogen (secondary N) is 3. The monoisotopic (exact) mass is 683 g/mol. The number of rotatable bonds is 12. The lowest BCUT2D eigenvalue weighted by atomic mass is 10.0. The highest BCUT2D eigenvalue weighted by atomic mass is 35.5. The van der Waals surface area contributed by atoms with Gasteiger partial charge in [0.2, 0.25) is 11.8 Å². The summed E-state index contributed by atoms with van der Waals surface area (Å²) in [5.41, 5.74) is 0.818. The first-order chi connectivity index (χ1) is 22.5. The average molecular weight is 684 g/mol. The number of imide groups is 2. The lowest BCUT2D eigenvalue weighted by molar-refractivity contribution is -0.136. The zero-order chi connectivity index (χ0) is 33.3. The zero-order valence-corrected chi connectivity index (χ0v) is 26.3. The number of anilines is 1. The third kappa shape index (κ3) is 6.72. The van der Waals surface area contributed by atoms with Crippen molar-refractivity contribution in [3.63, 3.8) is 0 Å². The van der Waals surface area contributed by atoms with Crippen LogP contribution in [-0.2, 0) is 15.0 Å². The normalized spacial score (nSPS) is 16.5. The first-order valence-corrected chi connectivity index (χ1v) is 16.2. The molecule has 244 valence electrons. The Morgan fingerprint density at radius 1 is 1.02 bits per heavy atom. The molecule has 5 amide bonds. The van der Waals surface area contributed by atoms with Gasteiger partial charge in [0.25, 0.3) is 17.7 Å². The number of hydrogen-bond donors (Lipinski definition) is 3. The molecule has 0 aliphatic carbocycles. The highest BCUT2D eigenvalue weighted by Crippen LogP contribution is 2.35. The van der Waals surface area contributed by atoms with Crippen LogP contribution in [0.4, 0.5) is 14.5 Å². The van der Waals surface area contributed by atoms with Crippen molar-refractivity contribution >= 4 is 63.8 Å². The molecule has 12 nitrogen and oxygen atoms in total. The van der Waals surface area contributed by atoms with E-state index in [1.807, 2.05) is 0 Å². The van der Waals surface area contributed by atoms with Crippen LogP contribution in [0.1, 0.15) is 75.4 Å². The molecule has 0 saturated carbocycles. The zero-order valence-electron chi connectivity index (χ0n) is 24.7. The molecule has 2 aliphatic rings. The second kappa shape index (κ2) is 13.2. The van der Waals surface area contributed by atoms with E-state index in [1.165, 1.54) is 17.4 Å². The van der Waals surface area contributed by atoms with E-state index in [0.717, 1.165) is 34.7 Å². The van der Waals surface area contributed by atoms with E-state index in [1.54, 1.807) is 35.7 Å². The van der Waals surface area contributed by atoms with Crippen molar-refractivity contribution in [3.05, 3.63) is 70.4 Å². The number of halogens is 3. The van der Waals surface area contributed by atoms with Gasteiger partial charge in [-0.3, -0.25) is 34.2 Å². The highest BCUT2D eigenvalue weighted by Gasteiger charge is 2.44. The first kappa shape index (κ1) is 32.2. The van der Waals surface area contributed by atoms with Crippen LogP contribution < -0.4 is 16.0 Å². The van der Waals surface area contributed by atoms with Gasteiger partial charge in [0.15, 0.2) is 11.3 Å². The Morgan fingerprint density at radius 3 is 2.51 bits per heavy atom. The quantitative estimate of drug-likeness (QED) is 0.112. The van der Waals surface area contributed by atoms with Crippen LogP contribution >= 0.6 is 22.9 Å². The van der Waals surface area contributed by atoms with Crippen LogP contribution in [0, 0.1) is 0 Å². The van der Waals surface area contributed by atoms with Crippen molar-refractivity contribution < 1.29 is 32.8 Å². The molecule has 1 unspecified atom stereocenters. The third-order valence-corrected chi connectivity index (χ3v) is 8.97. The smallest absolute Gasteiger partial charge is 0.364 e. The van der Waals surface area contributed by atoms with E-state index in [9.17, 15) is 32.8 Å². The van der Waals surface area contributed by atoms with Gasteiger partial charge in [0, 0.05) is 31.3 Å². The molecule has 4 aromatic rings. The van der Waals surface area contributed by atoms with Crippen molar-refractivity contribution in [2.24, 2.45) is 0 Å². The summed E-state index contributed by atoms with van der Waals surface area (Å²) < 4.78 is 29.3. The molecule has 47 heavy (non-hydrogen) atoms. The van der Waals surface area contributed by atoms with Crippen molar-refractivity contribution in [3.8, 4) is 10.6 Å². The van der Waals surface area contributed by atoms with Crippen LogP contribution in [0.2, 0.25) is 0 Å². The van der Waals surface area contributed by atoms with Crippen molar-refractivity contribution in [2.75, 3.05) is 18.4 Å². The van der Waals surface area contributed by atoms with Crippen molar-refractivity contribution in [2.45, 2.75) is 49.9 Å². The van der Waals surface area contributed by atoms with E-state index in [2.05, 4.69) is 26.0 Å². The summed E-state index contributed by atoms with van der Waals surface area (Å²) in [6.07, 6.45) is 3.26. The molecule has 0 spiro atoms. The fourth-order valence-corrected chi connectivity index (χ4v) is 6.37. The van der Waals surface area contributed by atoms with E-state index in [-0.39, 0.29) is 35.3 Å². The molecule has 1 saturated heterocycles. The first-order valence-electron chi connectivity index (χ1n) is 14.9. The van der Waals surface area contributed by atoms with Gasteiger partial charge in [-0.05, 0) is 66.6 Å². The number of amides is 5. The Morgan fingerprint density at radius 2 is 1.79 bits per heavy atom. The molecule has 0 radical (unpaired) electrons. The summed E-state index contributed by atoms with van der Waals surface area (Å²) in [6.45, 7) is 0.955. The standard InChI is InChI=1S/C31H28ClF2N7O5S/c32-31(33,34)24-15-20(23-6-5-13-47-23)37-25-16-21(39-41(24)25)27(43)36-12-4-2-1-3-11-35-17-7-8-18-19(14-17)30(46)40(29(18)45)22-9-10-26(42)38-28(22)44/h5-8,13-16,22,35H,1-4,9-12H2,(H,36,43)(H,38,42,44). The van der Waals surface area contributed by atoms with E-state index in [0.29, 0.717) is 35.8 Å². The fraction of sp³-hybridized carbons (Fsp3) is 0.323. The van der Waals surface area contributed by atoms with Crippen LogP contribution in [0.5, 0.6) is 0 Å². The van der Waals surface area contributed by atoms with Crippen LogP contribution in [0.25, 0.3) is 16.2 Å². The Bertz CT molecular complexity index is 1890. The maximum absolute atomic E-state index is 14.2. The maximum Gasteiger partial charge on any atom is 0.364 e. The molecule has 1 fully saturated rings. The largest absolute Gasteiger partial charge is 0.385 e. The number of fused-ring (bicyclic) bond motifs is 2. The second-order valence-electron chi connectivity index (χ2n) is 11.1. The minimum atomic E-state index is -3.72. The summed E-state index contributed by atoms with van der Waals surface area (Å²) in [6, 6.07) is 9.86. The number of alkyl halides is 3. The van der Waals surface area contributed by atoms with Crippen molar-refractivity contribution in [1.29, 1.82) is 0 Å². The van der Waals surface area contributed by atoms with Gasteiger partial charge in [-0.15, -0.1) is 11.3 Å². The van der Waals surface area contributed by atoms with Gasteiger partial charge in [-0.2, -0.15) is 13.9 Å². The number of unbranched alkanes of at least 4 members (excludes halogenated alkanes) is 3. The van der Waals surface area contributed by atoms with Gasteiger partial charge in [-0.1, -0.05) is 18.9 Å². The highest BCUT2D eigenvalue weighted by molar-refractivity contribution is 7.13. The number of carbonyl (C=O) groups is 5. The minimum Gasteiger partial charge on any atom is -0.385 e. The van der Waals surface area contributed by atoms with Gasteiger partial charge in [0.05, 0.1) is 21.7 Å². The maximum atomic E-state index is 14.2. The van der Waals surface area contributed by atoms with Crippen LogP contribution in [0.15, 0.2) is 47.8 Å². The molecular weight excluding hydrogens is 656 g/mol. The topological polar surface area (TPSA) is 155 Å². The number of nitrogens with zero attached hydrogens (tertiary/aromatic N) is 4. The Hall–Kier alpha value is -4.76. The number of benzene rings is 1. The van der Waals surface area contributed by atoms with Crippen LogP contribution in [-0.4, -0.2) is 68.2 Å². The summed E-state index contributed by atoms with van der Waals surface area (Å²) in [4.78, 5) is 68.3. The number of carbonyl (C=O) groups excluding carboxylic acids is 5. The van der Waals surface area contributed by atoms with Gasteiger partial charge in [-0.25, -0.2) is 9.50 Å². The molecule has 0 bridgehead atoms. The molecule has 2 aliphatic heterocycles. The summed E-state index contributed by atoms with van der Waals surface area (Å²) in [5.74, 6) is -2.72. The van der Waals surface area contributed by atoms with Crippen LogP contribution in [0.3, 0.4) is 0 Å². The molecule has 1 atom stereocenters. The summed E-state index contributed by atoms with van der Waals surface area (Å²) >= 11 is 6.69. The lowest BCUT2D eigenvalue weighted by Crippen LogP contribution is -2.54. The SMILES string of the molecule is O=C1CCC(N2C(=O)c3ccc(NCCCCCCNC(=O)c4cc5nc(-c6cccs6)cc(C(F)(F)Cl)n5n4)cc3C2=O)C(=O)N1. The van der Waals surface area contributed by atoms with Crippen molar-refractivity contribution in [1.82, 2.24) is 30.1 Å². The molecule has 6 rings (SSSR count). The molecule has 3 N–H and O–H groups in total. The number of aromatic nitrogens is 3. The van der Waals surface area contributed by atoms with E-state index in [4.69, 9.17) is 11.6 Å². The van der Waals surface area contributed by atoms with Gasteiger partial charge in [0.1, 0.15) is 11.7 Å². The molecular formula is C31H28ClF2N7O5S. The lowest BCUT2D eigenvalue weighted by Gasteiger charge is -2.27. The predicted octanol–water partition coefficient (Wildman–Crippen LogP) is 4.55. The number of piperidine rings is 1. The third-order valence-electron chi connectivity index (χ3n) is 7.88. The molecule has 3 aromatic heterocycles. The van der Waals surface area contributed by atoms with E-state index < -0.39 is 46.7 Å². The Kier molecular flexibility index (Phi) is 9.01. The Balaban J connectivity index is 0.952. The Labute approximate surface area is 275 Å². The molecule has 1 aromatic carbocycles. The molecule has 5 heterocycles. The van der Waals surface area contributed by atoms with Gasteiger partial charge >= 0.3 is 5.38 Å². The number of thiophene rings is 1. The van der Waals surface area contributed by atoms with Gasteiger partial charge < -0.3 is 10.6 Å². The number of hydrogen-bond acceptors (Lipinski definition) is 9. The fourth-order valence-electron chi connectivity index (χ4n) is 5.55. The second-order valence-corrected chi connectivity index (χ2v) is 12.5.